The van der Waals surface area contributed by atoms with Gasteiger partial charge < -0.3 is 31.3 Å². The predicted molar refractivity (Wildman–Crippen MR) is 128 cm³/mol. The molecule has 2 unspecified atom stereocenters. The summed E-state index contributed by atoms with van der Waals surface area (Å²) in [4.78, 5) is 50.1. The van der Waals surface area contributed by atoms with Crippen LogP contribution in [0.3, 0.4) is 0 Å². The molecule has 1 saturated carbocycles. The summed E-state index contributed by atoms with van der Waals surface area (Å²) in [5.41, 5.74) is 3.62. The molecule has 0 bridgehead atoms. The molecule has 192 valence electrons. The Morgan fingerprint density at radius 3 is 2.49 bits per heavy atom. The summed E-state index contributed by atoms with van der Waals surface area (Å²) in [6.45, 7) is 1.66. The lowest BCUT2D eigenvalue weighted by Crippen LogP contribution is -2.67. The number of primary amides is 1. The smallest absolute Gasteiger partial charge is 0.230 e. The first kappa shape index (κ1) is 24.8. The number of hydrogen-bond acceptors (Lipinski definition) is 9. The maximum Gasteiger partial charge on any atom is 0.230 e. The van der Waals surface area contributed by atoms with Crippen molar-refractivity contribution in [2.45, 2.75) is 37.1 Å². The summed E-state index contributed by atoms with van der Waals surface area (Å²) in [5, 5.41) is 55.2. The van der Waals surface area contributed by atoms with Crippen molar-refractivity contribution in [2.75, 3.05) is 0 Å². The van der Waals surface area contributed by atoms with E-state index in [4.69, 9.17) is 5.73 Å². The van der Waals surface area contributed by atoms with Gasteiger partial charge in [-0.2, -0.15) is 0 Å². The largest absolute Gasteiger partial charge is 0.508 e. The van der Waals surface area contributed by atoms with Gasteiger partial charge >= 0.3 is 0 Å². The topological polar surface area (TPSA) is 195 Å². The summed E-state index contributed by atoms with van der Waals surface area (Å²) in [5.74, 6) is -9.99. The van der Waals surface area contributed by atoms with Crippen LogP contribution < -0.4 is 5.73 Å². The lowest BCUT2D eigenvalue weighted by atomic mass is 9.54. The normalized spacial score (nSPS) is 32.9. The van der Waals surface area contributed by atoms with Crippen LogP contribution in [0.2, 0.25) is 0 Å². The number of aliphatic hydroxyl groups excluding tert-OH is 3. The second-order valence-electron chi connectivity index (χ2n) is 9.98. The fourth-order valence-corrected chi connectivity index (χ4v) is 6.41. The zero-order valence-electron chi connectivity index (χ0n) is 19.7. The number of nitrogens with two attached hydrogens (primary N) is 1. The minimum absolute atomic E-state index is 0.177. The fourth-order valence-electron chi connectivity index (χ4n) is 6.41. The lowest BCUT2D eigenvalue weighted by molar-refractivity contribution is -0.179. The van der Waals surface area contributed by atoms with E-state index in [1.165, 1.54) is 6.07 Å². The van der Waals surface area contributed by atoms with E-state index in [-0.39, 0.29) is 5.56 Å². The molecule has 7 atom stereocenters. The number of amides is 1. The van der Waals surface area contributed by atoms with Gasteiger partial charge in [0.1, 0.15) is 23.7 Å². The molecule has 2 aromatic carbocycles. The van der Waals surface area contributed by atoms with E-state index >= 15 is 0 Å². The van der Waals surface area contributed by atoms with E-state index in [9.17, 15) is 44.7 Å². The van der Waals surface area contributed by atoms with Crippen LogP contribution in [0.5, 0.6) is 5.75 Å². The van der Waals surface area contributed by atoms with Crippen LogP contribution in [0.4, 0.5) is 0 Å². The Labute approximate surface area is 210 Å². The van der Waals surface area contributed by atoms with Gasteiger partial charge in [0, 0.05) is 23.0 Å². The van der Waals surface area contributed by atoms with Gasteiger partial charge in [0.2, 0.25) is 5.91 Å². The van der Waals surface area contributed by atoms with Crippen LogP contribution in [-0.2, 0) is 9.59 Å². The second kappa shape index (κ2) is 8.34. The van der Waals surface area contributed by atoms with Gasteiger partial charge in [-0.3, -0.25) is 19.2 Å². The van der Waals surface area contributed by atoms with Gasteiger partial charge in [0.15, 0.2) is 17.2 Å². The van der Waals surface area contributed by atoms with Crippen molar-refractivity contribution in [1.82, 2.24) is 0 Å². The van der Waals surface area contributed by atoms with Gasteiger partial charge in [-0.25, -0.2) is 0 Å². The van der Waals surface area contributed by atoms with E-state index in [0.29, 0.717) is 28.5 Å². The Morgan fingerprint density at radius 2 is 1.84 bits per heavy atom. The molecule has 1 fully saturated rings. The van der Waals surface area contributed by atoms with Gasteiger partial charge in [-0.15, -0.1) is 0 Å². The summed E-state index contributed by atoms with van der Waals surface area (Å²) >= 11 is 0. The van der Waals surface area contributed by atoms with Crippen LogP contribution in [0.1, 0.15) is 45.5 Å². The molecule has 3 aliphatic rings. The van der Waals surface area contributed by atoms with E-state index in [0.717, 1.165) is 0 Å². The number of rotatable bonds is 3. The molecule has 1 amide bonds. The molecule has 0 heterocycles. The molecule has 10 nitrogen and oxygen atoms in total. The summed E-state index contributed by atoms with van der Waals surface area (Å²) in [7, 11) is 0. The average Bonchev–Trinajstić information content (AvgIpc) is 2.86. The fraction of sp³-hybridized carbons (Fsp3) is 0.333. The van der Waals surface area contributed by atoms with E-state index in [2.05, 4.69) is 0 Å². The van der Waals surface area contributed by atoms with E-state index < -0.39 is 82.5 Å². The second-order valence-corrected chi connectivity index (χ2v) is 9.98. The molecule has 0 radical (unpaired) electrons. The molecule has 0 aliphatic heterocycles. The number of fused-ring (bicyclic) bond motifs is 3. The molecule has 3 aliphatic carbocycles. The number of benzene rings is 2. The number of aldehydes is 1. The van der Waals surface area contributed by atoms with Crippen molar-refractivity contribution in [3.63, 3.8) is 0 Å². The predicted octanol–water partition coefficient (Wildman–Crippen LogP) is 0.757. The molecular weight excluding hydrogens is 482 g/mol. The Bertz CT molecular complexity index is 1410. The quantitative estimate of drug-likeness (QED) is 0.257. The van der Waals surface area contributed by atoms with Gasteiger partial charge in [0.05, 0.1) is 17.8 Å². The van der Waals surface area contributed by atoms with Gasteiger partial charge in [-0.1, -0.05) is 31.2 Å². The highest BCUT2D eigenvalue weighted by Crippen LogP contribution is 2.56. The Morgan fingerprint density at radius 1 is 1.14 bits per heavy atom. The number of aromatic hydroxyl groups is 1. The number of aliphatic hydroxyl groups is 4. The van der Waals surface area contributed by atoms with E-state index in [1.807, 2.05) is 0 Å². The lowest BCUT2D eigenvalue weighted by Gasteiger charge is -2.52. The van der Waals surface area contributed by atoms with Crippen molar-refractivity contribution in [3.8, 4) is 16.9 Å². The van der Waals surface area contributed by atoms with E-state index in [1.54, 1.807) is 37.3 Å². The molecular formula is C27H25NO9. The SMILES string of the molecule is C[C@H]1c2c(-c3cccc(C=O)c3)ccc(O)c2C(=O)C2=C(O)[C@]3(O)C(=O)C(C(N)=O)C(O)C[C@@H]3[C@@H](O)[C@@H]21. The van der Waals surface area contributed by atoms with Crippen molar-refractivity contribution in [2.24, 2.45) is 23.5 Å². The number of phenols is 1. The summed E-state index contributed by atoms with van der Waals surface area (Å²) < 4.78 is 0. The maximum atomic E-state index is 13.8. The number of ketones is 2. The first-order valence-corrected chi connectivity index (χ1v) is 11.8. The molecule has 10 heteroatoms. The Kier molecular flexibility index (Phi) is 5.59. The van der Waals surface area contributed by atoms with Crippen LogP contribution in [0.25, 0.3) is 11.1 Å². The highest BCUT2D eigenvalue weighted by atomic mass is 16.4. The summed E-state index contributed by atoms with van der Waals surface area (Å²) in [6.07, 6.45) is -2.97. The minimum Gasteiger partial charge on any atom is -0.508 e. The third kappa shape index (κ3) is 3.23. The molecule has 0 spiro atoms. The molecule has 2 aromatic rings. The zero-order valence-corrected chi connectivity index (χ0v) is 19.7. The van der Waals surface area contributed by atoms with Crippen molar-refractivity contribution < 1.29 is 44.7 Å². The minimum atomic E-state index is -2.83. The third-order valence-corrected chi connectivity index (χ3v) is 8.13. The number of carbonyl (C=O) groups is 4. The Hall–Kier alpha value is -3.86. The number of Topliss-reactive ketones (excluding diaryl/α,β-unsaturated/α-hetero) is 2. The highest BCUT2D eigenvalue weighted by molar-refractivity contribution is 6.16. The molecule has 0 aromatic heterocycles. The monoisotopic (exact) mass is 507 g/mol. The molecule has 5 rings (SSSR count). The van der Waals surface area contributed by atoms with Crippen molar-refractivity contribution in [1.29, 1.82) is 0 Å². The standard InChI is InChI=1S/C27H25NO9/c1-10-17-13(12-4-2-3-11(7-12)9-29)5-6-15(30)19(17)23(33)21-18(10)22(32)14-8-16(31)20(26(28)36)24(34)27(14,37)25(21)35/h2-7,9-10,14,16,18,20,22,30-32,35,37H,8H2,1H3,(H2,28,36)/t10-,14+,16?,18+,20?,22+,27+/m0/s1. The highest BCUT2D eigenvalue weighted by Gasteiger charge is 2.66. The van der Waals surface area contributed by atoms with Crippen LogP contribution in [0, 0.1) is 17.8 Å². The van der Waals surface area contributed by atoms with Crippen molar-refractivity contribution >= 4 is 23.8 Å². The van der Waals surface area contributed by atoms with Gasteiger partial charge in [-0.05, 0) is 41.2 Å². The van der Waals surface area contributed by atoms with Crippen LogP contribution in [0.15, 0.2) is 47.7 Å². The average molecular weight is 507 g/mol. The first-order valence-electron chi connectivity index (χ1n) is 11.8. The number of hydrogen-bond donors (Lipinski definition) is 6. The zero-order chi connectivity index (χ0) is 27.0. The van der Waals surface area contributed by atoms with Gasteiger partial charge in [0.25, 0.3) is 0 Å². The molecule has 37 heavy (non-hydrogen) atoms. The first-order chi connectivity index (χ1) is 17.4. The molecule has 0 saturated heterocycles. The van der Waals surface area contributed by atoms with Crippen LogP contribution in [-0.4, -0.2) is 67.1 Å². The maximum absolute atomic E-state index is 13.8. The molecule has 7 N–H and O–H groups in total. The number of phenolic OH excluding ortho intramolecular Hbond substituents is 1. The summed E-state index contributed by atoms with van der Waals surface area (Å²) in [6, 6.07) is 9.45. The third-order valence-electron chi connectivity index (χ3n) is 8.13. The Balaban J connectivity index is 1.76. The van der Waals surface area contributed by atoms with Crippen molar-refractivity contribution in [3.05, 3.63) is 64.4 Å². The number of carbonyl (C=O) groups excluding carboxylic acids is 4. The van der Waals surface area contributed by atoms with Crippen LogP contribution >= 0.6 is 0 Å².